The summed E-state index contributed by atoms with van der Waals surface area (Å²) < 4.78 is 29.4. The highest BCUT2D eigenvalue weighted by molar-refractivity contribution is 9.10. The quantitative estimate of drug-likeness (QED) is 0.251. The third-order valence-corrected chi connectivity index (χ3v) is 8.68. The Balaban J connectivity index is 2.02. The van der Waals surface area contributed by atoms with Crippen LogP contribution in [0.4, 0.5) is 5.69 Å². The van der Waals surface area contributed by atoms with Crippen LogP contribution >= 0.6 is 15.9 Å². The molecule has 0 aliphatic carbocycles. The number of benzene rings is 3. The van der Waals surface area contributed by atoms with E-state index in [-0.39, 0.29) is 17.3 Å². The summed E-state index contributed by atoms with van der Waals surface area (Å²) in [5.41, 5.74) is 2.28. The Kier molecular flexibility index (Phi) is 11.1. The van der Waals surface area contributed by atoms with E-state index in [0.29, 0.717) is 23.1 Å². The molecule has 0 bridgehead atoms. The fraction of sp³-hybridized carbons (Fsp3) is 0.333. The van der Waals surface area contributed by atoms with Gasteiger partial charge in [-0.3, -0.25) is 13.9 Å². The molecule has 208 valence electrons. The van der Waals surface area contributed by atoms with Crippen molar-refractivity contribution in [1.82, 2.24) is 10.2 Å². The summed E-state index contributed by atoms with van der Waals surface area (Å²) in [4.78, 5) is 28.8. The highest BCUT2D eigenvalue weighted by atomic mass is 79.9. The smallest absolute Gasteiger partial charge is 0.264 e. The van der Waals surface area contributed by atoms with Crippen LogP contribution in [0.5, 0.6) is 0 Å². The maximum Gasteiger partial charge on any atom is 0.264 e. The summed E-state index contributed by atoms with van der Waals surface area (Å²) in [5.74, 6) is -0.709. The monoisotopic (exact) mass is 613 g/mol. The number of halogens is 1. The van der Waals surface area contributed by atoms with E-state index in [0.717, 1.165) is 28.3 Å². The van der Waals surface area contributed by atoms with Crippen molar-refractivity contribution in [2.75, 3.05) is 17.4 Å². The predicted octanol–water partition coefficient (Wildman–Crippen LogP) is 5.68. The van der Waals surface area contributed by atoms with Gasteiger partial charge in [0.15, 0.2) is 0 Å². The van der Waals surface area contributed by atoms with Crippen molar-refractivity contribution in [3.8, 4) is 0 Å². The minimum Gasteiger partial charge on any atom is -0.354 e. The van der Waals surface area contributed by atoms with E-state index >= 15 is 0 Å². The van der Waals surface area contributed by atoms with Gasteiger partial charge in [0.1, 0.15) is 12.6 Å². The molecule has 0 saturated heterocycles. The van der Waals surface area contributed by atoms with E-state index in [9.17, 15) is 18.0 Å². The fourth-order valence-corrected chi connectivity index (χ4v) is 6.01. The molecule has 1 atom stereocenters. The second-order valence-electron chi connectivity index (χ2n) is 9.38. The summed E-state index contributed by atoms with van der Waals surface area (Å²) in [6.07, 6.45) is 2.15. The molecular weight excluding hydrogens is 578 g/mol. The molecule has 0 aliphatic rings. The fourth-order valence-electron chi connectivity index (χ4n) is 4.20. The van der Waals surface area contributed by atoms with E-state index in [1.165, 1.54) is 17.0 Å². The summed E-state index contributed by atoms with van der Waals surface area (Å²) >= 11 is 3.41. The molecule has 3 rings (SSSR count). The molecule has 7 nitrogen and oxygen atoms in total. The van der Waals surface area contributed by atoms with E-state index < -0.39 is 28.5 Å². The van der Waals surface area contributed by atoms with Crippen molar-refractivity contribution in [3.05, 3.63) is 94.5 Å². The molecule has 3 aromatic rings. The topological polar surface area (TPSA) is 86.8 Å². The first-order valence-electron chi connectivity index (χ1n) is 13.1. The largest absolute Gasteiger partial charge is 0.354 e. The number of anilines is 1. The predicted molar refractivity (Wildman–Crippen MR) is 159 cm³/mol. The minimum absolute atomic E-state index is 0.0761. The molecule has 9 heteroatoms. The molecular formula is C30H36BrN3O4S. The average molecular weight is 615 g/mol. The molecule has 1 N–H and O–H groups in total. The number of nitrogens with zero attached hydrogens (tertiary/aromatic N) is 2. The van der Waals surface area contributed by atoms with Crippen LogP contribution < -0.4 is 9.62 Å². The first-order valence-corrected chi connectivity index (χ1v) is 15.4. The van der Waals surface area contributed by atoms with E-state index in [4.69, 9.17) is 0 Å². The summed E-state index contributed by atoms with van der Waals surface area (Å²) in [7, 11) is -4.08. The normalized spacial score (nSPS) is 12.0. The van der Waals surface area contributed by atoms with Crippen LogP contribution in [0.1, 0.15) is 44.2 Å². The van der Waals surface area contributed by atoms with Gasteiger partial charge < -0.3 is 10.2 Å². The van der Waals surface area contributed by atoms with Crippen LogP contribution in [0.15, 0.2) is 88.2 Å². The molecule has 0 fully saturated rings. The number of carbonyl (C=O) groups excluding carboxylic acids is 2. The average Bonchev–Trinajstić information content (AvgIpc) is 2.93. The Morgan fingerprint density at radius 1 is 0.949 bits per heavy atom. The lowest BCUT2D eigenvalue weighted by molar-refractivity contribution is -0.140. The summed E-state index contributed by atoms with van der Waals surface area (Å²) in [6.45, 7) is 6.11. The van der Waals surface area contributed by atoms with Gasteiger partial charge in [-0.15, -0.1) is 0 Å². The standard InChI is InChI=1S/C30H36BrN3O4S/c1-4-6-19-32-30(36)28(5-2)33(21-24-17-15-23(3)16-18-24)29(35)22-34(26-12-10-11-25(31)20-26)39(37,38)27-13-8-7-9-14-27/h7-18,20,28H,4-6,19,21-22H2,1-3H3,(H,32,36)/t28-/m1/s1. The Morgan fingerprint density at radius 2 is 1.64 bits per heavy atom. The SMILES string of the molecule is CCCCNC(=O)[C@@H](CC)N(Cc1ccc(C)cc1)C(=O)CN(c1cccc(Br)c1)S(=O)(=O)c1ccccc1. The van der Waals surface area contributed by atoms with Gasteiger partial charge in [-0.05, 0) is 55.7 Å². The second kappa shape index (κ2) is 14.3. The van der Waals surface area contributed by atoms with Crippen LogP contribution in [-0.2, 0) is 26.2 Å². The molecule has 0 unspecified atom stereocenters. The zero-order valence-electron chi connectivity index (χ0n) is 22.6. The molecule has 0 saturated carbocycles. The van der Waals surface area contributed by atoms with Gasteiger partial charge in [0.2, 0.25) is 11.8 Å². The van der Waals surface area contributed by atoms with Gasteiger partial charge in [-0.25, -0.2) is 8.42 Å². The van der Waals surface area contributed by atoms with Crippen molar-refractivity contribution in [3.63, 3.8) is 0 Å². The van der Waals surface area contributed by atoms with Gasteiger partial charge in [-0.2, -0.15) is 0 Å². The van der Waals surface area contributed by atoms with Crippen LogP contribution in [0, 0.1) is 6.92 Å². The molecule has 0 heterocycles. The van der Waals surface area contributed by atoms with Gasteiger partial charge in [-0.1, -0.05) is 90.3 Å². The maximum atomic E-state index is 14.0. The first-order chi connectivity index (χ1) is 18.7. The van der Waals surface area contributed by atoms with Gasteiger partial charge in [0.05, 0.1) is 10.6 Å². The second-order valence-corrected chi connectivity index (χ2v) is 12.2. The van der Waals surface area contributed by atoms with E-state index in [1.54, 1.807) is 42.5 Å². The lowest BCUT2D eigenvalue weighted by atomic mass is 10.1. The number of carbonyl (C=O) groups is 2. The number of nitrogens with one attached hydrogen (secondary N) is 1. The summed E-state index contributed by atoms with van der Waals surface area (Å²) in [6, 6.07) is 21.8. The zero-order chi connectivity index (χ0) is 28.4. The van der Waals surface area contributed by atoms with Crippen LogP contribution in [0.3, 0.4) is 0 Å². The number of rotatable bonds is 13. The highest BCUT2D eigenvalue weighted by Gasteiger charge is 2.33. The Labute approximate surface area is 240 Å². The van der Waals surface area contributed by atoms with Crippen molar-refractivity contribution < 1.29 is 18.0 Å². The molecule has 0 aromatic heterocycles. The Morgan fingerprint density at radius 3 is 2.26 bits per heavy atom. The van der Waals surface area contributed by atoms with Crippen LogP contribution in [-0.4, -0.2) is 44.3 Å². The maximum absolute atomic E-state index is 14.0. The lowest BCUT2D eigenvalue weighted by Gasteiger charge is -2.33. The Bertz CT molecular complexity index is 1350. The Hall–Kier alpha value is -3.17. The number of aryl methyl sites for hydroxylation is 1. The first kappa shape index (κ1) is 30.4. The summed E-state index contributed by atoms with van der Waals surface area (Å²) in [5, 5.41) is 2.94. The zero-order valence-corrected chi connectivity index (χ0v) is 25.0. The molecule has 2 amide bonds. The number of sulfonamides is 1. The van der Waals surface area contributed by atoms with Crippen molar-refractivity contribution in [1.29, 1.82) is 0 Å². The highest BCUT2D eigenvalue weighted by Crippen LogP contribution is 2.27. The van der Waals surface area contributed by atoms with Gasteiger partial charge in [0.25, 0.3) is 10.0 Å². The van der Waals surface area contributed by atoms with Gasteiger partial charge in [0, 0.05) is 17.6 Å². The number of amides is 2. The van der Waals surface area contributed by atoms with Crippen molar-refractivity contribution in [2.24, 2.45) is 0 Å². The minimum atomic E-state index is -4.08. The van der Waals surface area contributed by atoms with Crippen molar-refractivity contribution in [2.45, 2.75) is 57.5 Å². The van der Waals surface area contributed by atoms with E-state index in [1.807, 2.05) is 45.0 Å². The molecule has 39 heavy (non-hydrogen) atoms. The number of unbranched alkanes of at least 4 members (excludes halogenated alkanes) is 1. The van der Waals surface area contributed by atoms with E-state index in [2.05, 4.69) is 21.2 Å². The molecule has 0 aliphatic heterocycles. The number of hydrogen-bond acceptors (Lipinski definition) is 4. The molecule has 0 radical (unpaired) electrons. The van der Waals surface area contributed by atoms with Crippen molar-refractivity contribution >= 4 is 43.5 Å². The van der Waals surface area contributed by atoms with Gasteiger partial charge >= 0.3 is 0 Å². The number of hydrogen-bond donors (Lipinski definition) is 1. The van der Waals surface area contributed by atoms with Crippen LogP contribution in [0.2, 0.25) is 0 Å². The van der Waals surface area contributed by atoms with Crippen LogP contribution in [0.25, 0.3) is 0 Å². The lowest BCUT2D eigenvalue weighted by Crippen LogP contribution is -2.52. The third kappa shape index (κ3) is 8.16. The molecule has 3 aromatic carbocycles. The molecule has 0 spiro atoms. The third-order valence-electron chi connectivity index (χ3n) is 6.40.